The second-order valence-corrected chi connectivity index (χ2v) is 8.42. The van der Waals surface area contributed by atoms with Crippen LogP contribution in [0.25, 0.3) is 33.3 Å². The van der Waals surface area contributed by atoms with Gasteiger partial charge < -0.3 is 20.1 Å². The third-order valence-corrected chi connectivity index (χ3v) is 6.05. The van der Waals surface area contributed by atoms with Crippen molar-refractivity contribution in [3.8, 4) is 22.4 Å². The summed E-state index contributed by atoms with van der Waals surface area (Å²) in [5.74, 6) is -0.0542. The minimum Gasteiger partial charge on any atom is -0.361 e. The summed E-state index contributed by atoms with van der Waals surface area (Å²) in [5, 5.41) is 10.5. The average Bonchev–Trinajstić information content (AvgIpc) is 3.35. The predicted octanol–water partition coefficient (Wildman–Crippen LogP) is 5.22. The lowest BCUT2D eigenvalue weighted by Gasteiger charge is -2.24. The zero-order valence-corrected chi connectivity index (χ0v) is 18.5. The number of H-pyrrole nitrogens is 1. The molecule has 11 heteroatoms. The lowest BCUT2D eigenvalue weighted by Crippen LogP contribution is -2.38. The Morgan fingerprint density at radius 1 is 1.18 bits per heavy atom. The van der Waals surface area contributed by atoms with E-state index in [0.29, 0.717) is 29.1 Å². The van der Waals surface area contributed by atoms with Crippen molar-refractivity contribution in [2.45, 2.75) is 38.9 Å². The minimum absolute atomic E-state index is 0.0105. The number of benzene rings is 1. The maximum absolute atomic E-state index is 15.2. The molecule has 178 valence electrons. The number of aromatic amines is 1. The third kappa shape index (κ3) is 4.00. The molecule has 0 aliphatic carbocycles. The number of aromatic nitrogens is 4. The van der Waals surface area contributed by atoms with E-state index in [1.807, 2.05) is 0 Å². The lowest BCUT2D eigenvalue weighted by molar-refractivity contribution is -0.137. The molecule has 4 heterocycles. The number of anilines is 1. The molecule has 0 amide bonds. The van der Waals surface area contributed by atoms with Crippen LogP contribution >= 0.6 is 0 Å². The number of fused-ring (bicyclic) bond motifs is 1. The molecule has 0 spiro atoms. The first-order valence-corrected chi connectivity index (χ1v) is 10.9. The topological polar surface area (TPSA) is 91.7 Å². The lowest BCUT2D eigenvalue weighted by atomic mass is 9.99. The van der Waals surface area contributed by atoms with E-state index >= 15 is 4.39 Å². The highest BCUT2D eigenvalue weighted by Gasteiger charge is 2.36. The average molecular weight is 474 g/mol. The van der Waals surface area contributed by atoms with Crippen molar-refractivity contribution in [3.63, 3.8) is 0 Å². The number of hydrogen-bond donors (Lipinski definition) is 3. The van der Waals surface area contributed by atoms with E-state index in [1.54, 1.807) is 19.9 Å². The van der Waals surface area contributed by atoms with Gasteiger partial charge in [0.25, 0.3) is 0 Å². The highest BCUT2D eigenvalue weighted by molar-refractivity contribution is 5.98. The standard InChI is InChI=1S/C23H22F4N6O/c1-11-20(12(2)34-33-11)15-7-19-14(6-18(15)24)16(9-29-19)21-17(23(25,26)27)10-30-22(32-21)31-13-4-3-5-28-8-13/h6-7,9-10,13,28-29H,3-5,8H2,1-2H3,(H,30,31,32)/t13-/m0/s1. The van der Waals surface area contributed by atoms with Gasteiger partial charge in [-0.3, -0.25) is 0 Å². The Balaban J connectivity index is 1.62. The first-order chi connectivity index (χ1) is 16.2. The van der Waals surface area contributed by atoms with E-state index in [0.717, 1.165) is 25.6 Å². The number of hydrogen-bond acceptors (Lipinski definition) is 6. The molecule has 3 aromatic heterocycles. The maximum Gasteiger partial charge on any atom is 0.419 e. The molecule has 4 aromatic rings. The molecule has 1 aliphatic rings. The van der Waals surface area contributed by atoms with Crippen molar-refractivity contribution in [1.82, 2.24) is 25.4 Å². The van der Waals surface area contributed by atoms with Gasteiger partial charge in [-0.25, -0.2) is 14.4 Å². The van der Waals surface area contributed by atoms with E-state index in [4.69, 9.17) is 4.52 Å². The molecule has 34 heavy (non-hydrogen) atoms. The Bertz CT molecular complexity index is 1330. The molecule has 3 N–H and O–H groups in total. The minimum atomic E-state index is -4.68. The number of nitrogens with one attached hydrogen (secondary N) is 3. The van der Waals surface area contributed by atoms with Gasteiger partial charge in [-0.1, -0.05) is 5.16 Å². The third-order valence-electron chi connectivity index (χ3n) is 6.05. The van der Waals surface area contributed by atoms with E-state index in [1.165, 1.54) is 12.3 Å². The number of nitrogens with zero attached hydrogens (tertiary/aromatic N) is 3. The first kappa shape index (κ1) is 22.3. The largest absolute Gasteiger partial charge is 0.419 e. The number of aryl methyl sites for hydroxylation is 2. The molecule has 1 aromatic carbocycles. The van der Waals surface area contributed by atoms with Gasteiger partial charge in [0, 0.05) is 47.0 Å². The van der Waals surface area contributed by atoms with Crippen molar-refractivity contribution in [1.29, 1.82) is 0 Å². The smallest absolute Gasteiger partial charge is 0.361 e. The van der Waals surface area contributed by atoms with Gasteiger partial charge in [-0.05, 0) is 45.4 Å². The summed E-state index contributed by atoms with van der Waals surface area (Å²) in [7, 11) is 0. The number of alkyl halides is 3. The Morgan fingerprint density at radius 3 is 2.68 bits per heavy atom. The van der Waals surface area contributed by atoms with Gasteiger partial charge in [-0.15, -0.1) is 0 Å². The van der Waals surface area contributed by atoms with E-state index in [9.17, 15) is 13.2 Å². The molecule has 0 saturated carbocycles. The normalized spacial score (nSPS) is 16.8. The number of rotatable bonds is 4. The molecular formula is C23H22F4N6O. The maximum atomic E-state index is 15.2. The fourth-order valence-corrected chi connectivity index (χ4v) is 4.42. The molecule has 0 radical (unpaired) electrons. The van der Waals surface area contributed by atoms with Crippen molar-refractivity contribution >= 4 is 16.9 Å². The van der Waals surface area contributed by atoms with Gasteiger partial charge in [-0.2, -0.15) is 13.2 Å². The van der Waals surface area contributed by atoms with Crippen LogP contribution in [0.3, 0.4) is 0 Å². The molecule has 0 unspecified atom stereocenters. The van der Waals surface area contributed by atoms with E-state index in [2.05, 4.69) is 30.7 Å². The fraction of sp³-hybridized carbons (Fsp3) is 0.348. The van der Waals surface area contributed by atoms with Crippen molar-refractivity contribution in [3.05, 3.63) is 47.4 Å². The Morgan fingerprint density at radius 2 is 2.00 bits per heavy atom. The Kier molecular flexibility index (Phi) is 5.51. The monoisotopic (exact) mass is 474 g/mol. The van der Waals surface area contributed by atoms with Crippen molar-refractivity contribution in [2.75, 3.05) is 18.4 Å². The van der Waals surface area contributed by atoms with Gasteiger partial charge >= 0.3 is 6.18 Å². The summed E-state index contributed by atoms with van der Waals surface area (Å²) >= 11 is 0. The van der Waals surface area contributed by atoms with Crippen LogP contribution in [0, 0.1) is 19.7 Å². The number of halogens is 4. The summed E-state index contributed by atoms with van der Waals surface area (Å²) < 4.78 is 61.8. The van der Waals surface area contributed by atoms with Crippen LogP contribution in [0.15, 0.2) is 29.0 Å². The van der Waals surface area contributed by atoms with E-state index < -0.39 is 17.6 Å². The molecule has 1 saturated heterocycles. The molecule has 1 aliphatic heterocycles. The highest BCUT2D eigenvalue weighted by atomic mass is 19.4. The molecular weight excluding hydrogens is 452 g/mol. The summed E-state index contributed by atoms with van der Waals surface area (Å²) in [6, 6.07) is 2.77. The number of piperidine rings is 1. The van der Waals surface area contributed by atoms with Crippen LogP contribution in [0.2, 0.25) is 0 Å². The van der Waals surface area contributed by atoms with Gasteiger partial charge in [0.1, 0.15) is 17.1 Å². The van der Waals surface area contributed by atoms with Crippen LogP contribution in [-0.4, -0.2) is 39.2 Å². The predicted molar refractivity (Wildman–Crippen MR) is 119 cm³/mol. The zero-order chi connectivity index (χ0) is 24.0. The van der Waals surface area contributed by atoms with Gasteiger partial charge in [0.2, 0.25) is 5.95 Å². The molecule has 0 bridgehead atoms. The summed E-state index contributed by atoms with van der Waals surface area (Å²) in [6.45, 7) is 4.94. The summed E-state index contributed by atoms with van der Waals surface area (Å²) in [4.78, 5) is 11.1. The summed E-state index contributed by atoms with van der Waals surface area (Å²) in [5.41, 5.74) is 0.582. The van der Waals surface area contributed by atoms with Crippen LogP contribution in [0.5, 0.6) is 0 Å². The quantitative estimate of drug-likeness (QED) is 0.352. The van der Waals surface area contributed by atoms with Crippen LogP contribution in [0.1, 0.15) is 29.9 Å². The molecule has 1 atom stereocenters. The molecule has 5 rings (SSSR count). The van der Waals surface area contributed by atoms with Crippen molar-refractivity contribution < 1.29 is 22.1 Å². The Labute approximate surface area is 192 Å². The Hall–Kier alpha value is -3.47. The van der Waals surface area contributed by atoms with E-state index in [-0.39, 0.29) is 34.2 Å². The highest BCUT2D eigenvalue weighted by Crippen LogP contribution is 2.40. The van der Waals surface area contributed by atoms with Crippen LogP contribution in [-0.2, 0) is 6.18 Å². The molecule has 1 fully saturated rings. The first-order valence-electron chi connectivity index (χ1n) is 10.9. The van der Waals surface area contributed by atoms with Gasteiger partial charge in [0.15, 0.2) is 0 Å². The SMILES string of the molecule is Cc1noc(C)c1-c1cc2[nH]cc(-c3nc(N[C@H]4CCCNC4)ncc3C(F)(F)F)c2cc1F. The van der Waals surface area contributed by atoms with Crippen molar-refractivity contribution in [2.24, 2.45) is 0 Å². The zero-order valence-electron chi connectivity index (χ0n) is 18.5. The fourth-order valence-electron chi connectivity index (χ4n) is 4.42. The second kappa shape index (κ2) is 8.39. The van der Waals surface area contributed by atoms with Crippen LogP contribution < -0.4 is 10.6 Å². The van der Waals surface area contributed by atoms with Gasteiger partial charge in [0.05, 0.1) is 17.0 Å². The molecule has 7 nitrogen and oxygen atoms in total. The summed E-state index contributed by atoms with van der Waals surface area (Å²) in [6.07, 6.45) is -0.700. The van der Waals surface area contributed by atoms with Crippen LogP contribution in [0.4, 0.5) is 23.5 Å². The second-order valence-electron chi connectivity index (χ2n) is 8.42.